The van der Waals surface area contributed by atoms with Crippen molar-refractivity contribution in [2.24, 2.45) is 5.92 Å². The second-order valence-electron chi connectivity index (χ2n) is 4.94. The summed E-state index contributed by atoms with van der Waals surface area (Å²) in [4.78, 5) is 27.0. The van der Waals surface area contributed by atoms with Crippen LogP contribution < -0.4 is 0 Å². The Morgan fingerprint density at radius 1 is 0.875 bits per heavy atom. The highest BCUT2D eigenvalue weighted by Crippen LogP contribution is 2.11. The zero-order valence-electron chi connectivity index (χ0n) is 11.4. The molecule has 4 nitrogen and oxygen atoms in total. The van der Waals surface area contributed by atoms with Crippen molar-refractivity contribution >= 4 is 11.9 Å². The van der Waals surface area contributed by atoms with E-state index in [4.69, 9.17) is 0 Å². The molecule has 0 aliphatic heterocycles. The molecule has 0 rings (SSSR count). The van der Waals surface area contributed by atoms with E-state index < -0.39 is 0 Å². The first-order chi connectivity index (χ1) is 7.20. The standard InChI is InChI=1S/C12H24N2O2/c1-8(2)11(15)14(10(5)6)12(16)13(7)9(3)4/h8-10H,1-7H3. The maximum atomic E-state index is 12.1. The number of carbonyl (C=O) groups excluding carboxylic acids is 2. The molecule has 0 saturated heterocycles. The van der Waals surface area contributed by atoms with Crippen LogP contribution in [0.15, 0.2) is 0 Å². The lowest BCUT2D eigenvalue weighted by atomic mass is 10.1. The molecule has 0 fully saturated rings. The molecule has 94 valence electrons. The van der Waals surface area contributed by atoms with Gasteiger partial charge < -0.3 is 4.90 Å². The third-order valence-electron chi connectivity index (χ3n) is 2.53. The summed E-state index contributed by atoms with van der Waals surface area (Å²) in [7, 11) is 1.72. The van der Waals surface area contributed by atoms with Crippen molar-refractivity contribution in [2.75, 3.05) is 7.05 Å². The van der Waals surface area contributed by atoms with Crippen LogP contribution in [0, 0.1) is 5.92 Å². The Morgan fingerprint density at radius 2 is 1.31 bits per heavy atom. The van der Waals surface area contributed by atoms with Gasteiger partial charge in [0.25, 0.3) is 0 Å². The zero-order chi connectivity index (χ0) is 13.0. The molecule has 0 aromatic heterocycles. The summed E-state index contributed by atoms with van der Waals surface area (Å²) >= 11 is 0. The fourth-order valence-corrected chi connectivity index (χ4v) is 1.24. The summed E-state index contributed by atoms with van der Waals surface area (Å²) in [6.07, 6.45) is 0. The van der Waals surface area contributed by atoms with Gasteiger partial charge in [-0.3, -0.25) is 9.69 Å². The molecule has 0 saturated carbocycles. The van der Waals surface area contributed by atoms with E-state index in [-0.39, 0.29) is 29.9 Å². The molecule has 4 heteroatoms. The number of imide groups is 1. The number of amides is 3. The predicted octanol–water partition coefficient (Wildman–Crippen LogP) is 2.34. The van der Waals surface area contributed by atoms with Crippen LogP contribution in [0.2, 0.25) is 0 Å². The van der Waals surface area contributed by atoms with Crippen molar-refractivity contribution in [2.45, 2.75) is 53.6 Å². The Bertz CT molecular complexity index is 260. The Balaban J connectivity index is 4.94. The van der Waals surface area contributed by atoms with E-state index in [0.29, 0.717) is 0 Å². The highest BCUT2D eigenvalue weighted by Gasteiger charge is 2.29. The van der Waals surface area contributed by atoms with Gasteiger partial charge in [-0.2, -0.15) is 0 Å². The Morgan fingerprint density at radius 3 is 1.56 bits per heavy atom. The van der Waals surface area contributed by atoms with E-state index in [1.807, 2.05) is 27.7 Å². The van der Waals surface area contributed by atoms with Crippen LogP contribution in [0.4, 0.5) is 4.79 Å². The lowest BCUT2D eigenvalue weighted by Gasteiger charge is -2.32. The first-order valence-electron chi connectivity index (χ1n) is 5.80. The van der Waals surface area contributed by atoms with Crippen molar-refractivity contribution in [1.82, 2.24) is 9.80 Å². The molecule has 0 bridgehead atoms. The maximum absolute atomic E-state index is 12.1. The highest BCUT2D eigenvalue weighted by molar-refractivity contribution is 5.95. The molecule has 16 heavy (non-hydrogen) atoms. The smallest absolute Gasteiger partial charge is 0.325 e. The lowest BCUT2D eigenvalue weighted by molar-refractivity contribution is -0.133. The molecular weight excluding hydrogens is 204 g/mol. The molecule has 0 radical (unpaired) electrons. The van der Waals surface area contributed by atoms with Crippen molar-refractivity contribution in [3.8, 4) is 0 Å². The molecule has 0 heterocycles. The average molecular weight is 228 g/mol. The summed E-state index contributed by atoms with van der Waals surface area (Å²) in [6, 6.07) is -0.235. The van der Waals surface area contributed by atoms with Gasteiger partial charge in [-0.1, -0.05) is 13.8 Å². The van der Waals surface area contributed by atoms with Crippen LogP contribution in [0.25, 0.3) is 0 Å². The van der Waals surface area contributed by atoms with E-state index in [1.165, 1.54) is 4.90 Å². The monoisotopic (exact) mass is 228 g/mol. The largest absolute Gasteiger partial charge is 0.326 e. The van der Waals surface area contributed by atoms with Crippen molar-refractivity contribution in [1.29, 1.82) is 0 Å². The molecule has 0 aliphatic carbocycles. The minimum atomic E-state index is -0.219. The minimum absolute atomic E-state index is 0.0914. The first-order valence-corrected chi connectivity index (χ1v) is 5.80. The Hall–Kier alpha value is -1.06. The molecule has 0 aliphatic rings. The van der Waals surface area contributed by atoms with Crippen molar-refractivity contribution in [3.05, 3.63) is 0 Å². The second kappa shape index (κ2) is 5.87. The van der Waals surface area contributed by atoms with Crippen LogP contribution in [-0.2, 0) is 4.79 Å². The topological polar surface area (TPSA) is 40.6 Å². The zero-order valence-corrected chi connectivity index (χ0v) is 11.4. The fraction of sp³-hybridized carbons (Fsp3) is 0.833. The van der Waals surface area contributed by atoms with Gasteiger partial charge in [0, 0.05) is 25.0 Å². The summed E-state index contributed by atoms with van der Waals surface area (Å²) in [6.45, 7) is 11.2. The van der Waals surface area contributed by atoms with Gasteiger partial charge >= 0.3 is 6.03 Å². The van der Waals surface area contributed by atoms with Crippen LogP contribution in [0.5, 0.6) is 0 Å². The van der Waals surface area contributed by atoms with Crippen LogP contribution in [-0.4, -0.2) is 40.9 Å². The van der Waals surface area contributed by atoms with Crippen LogP contribution in [0.1, 0.15) is 41.5 Å². The summed E-state index contributed by atoms with van der Waals surface area (Å²) in [5, 5.41) is 0. The number of rotatable bonds is 3. The van der Waals surface area contributed by atoms with Gasteiger partial charge in [0.1, 0.15) is 0 Å². The summed E-state index contributed by atoms with van der Waals surface area (Å²) in [5.74, 6) is -0.278. The van der Waals surface area contributed by atoms with E-state index in [2.05, 4.69) is 0 Å². The Labute approximate surface area is 98.6 Å². The van der Waals surface area contributed by atoms with Gasteiger partial charge in [0.05, 0.1) is 0 Å². The lowest BCUT2D eigenvalue weighted by Crippen LogP contribution is -2.51. The SMILES string of the molecule is CC(C)C(=O)N(C(=O)N(C)C(C)C)C(C)C. The van der Waals surface area contributed by atoms with E-state index in [1.54, 1.807) is 25.8 Å². The molecule has 0 aromatic carbocycles. The first kappa shape index (κ1) is 14.9. The molecule has 0 unspecified atom stereocenters. The third kappa shape index (κ3) is 3.51. The van der Waals surface area contributed by atoms with Crippen LogP contribution in [0.3, 0.4) is 0 Å². The third-order valence-corrected chi connectivity index (χ3v) is 2.53. The van der Waals surface area contributed by atoms with E-state index >= 15 is 0 Å². The molecule has 0 aromatic rings. The quantitative estimate of drug-likeness (QED) is 0.744. The van der Waals surface area contributed by atoms with Gasteiger partial charge in [-0.05, 0) is 27.7 Å². The molecular formula is C12H24N2O2. The summed E-state index contributed by atoms with van der Waals surface area (Å²) in [5.41, 5.74) is 0. The van der Waals surface area contributed by atoms with E-state index in [9.17, 15) is 9.59 Å². The van der Waals surface area contributed by atoms with Crippen molar-refractivity contribution in [3.63, 3.8) is 0 Å². The van der Waals surface area contributed by atoms with Crippen molar-refractivity contribution < 1.29 is 9.59 Å². The minimum Gasteiger partial charge on any atom is -0.325 e. The molecule has 0 spiro atoms. The van der Waals surface area contributed by atoms with E-state index in [0.717, 1.165) is 0 Å². The van der Waals surface area contributed by atoms with Gasteiger partial charge in [-0.25, -0.2) is 4.79 Å². The maximum Gasteiger partial charge on any atom is 0.326 e. The van der Waals surface area contributed by atoms with Gasteiger partial charge in [0.2, 0.25) is 5.91 Å². The van der Waals surface area contributed by atoms with Gasteiger partial charge in [-0.15, -0.1) is 0 Å². The number of urea groups is 1. The molecule has 3 amide bonds. The number of hydrogen-bond acceptors (Lipinski definition) is 2. The number of hydrogen-bond donors (Lipinski definition) is 0. The molecule has 0 N–H and O–H groups in total. The fourth-order valence-electron chi connectivity index (χ4n) is 1.24. The predicted molar refractivity (Wildman–Crippen MR) is 65.1 cm³/mol. The normalized spacial score (nSPS) is 11.1. The molecule has 0 atom stereocenters. The highest BCUT2D eigenvalue weighted by atomic mass is 16.2. The Kier molecular flexibility index (Phi) is 5.48. The number of carbonyl (C=O) groups is 2. The second-order valence-corrected chi connectivity index (χ2v) is 4.94. The summed E-state index contributed by atoms with van der Waals surface area (Å²) < 4.78 is 0. The average Bonchev–Trinajstić information content (AvgIpc) is 2.15. The van der Waals surface area contributed by atoms with Crippen LogP contribution >= 0.6 is 0 Å². The number of nitrogens with zero attached hydrogens (tertiary/aromatic N) is 2. The van der Waals surface area contributed by atoms with Gasteiger partial charge in [0.15, 0.2) is 0 Å².